The molecule has 3 rings (SSSR count). The minimum Gasteiger partial charge on any atom is -0.366 e. The number of fused-ring (bicyclic) bond motifs is 1. The summed E-state index contributed by atoms with van der Waals surface area (Å²) < 4.78 is 1.83. The highest BCUT2D eigenvalue weighted by atomic mass is 15.3. The number of rotatable bonds is 4. The number of hydrogen-bond donors (Lipinski definition) is 1. The molecule has 0 saturated heterocycles. The van der Waals surface area contributed by atoms with Crippen LogP contribution in [0.2, 0.25) is 0 Å². The molecule has 1 N–H and O–H groups in total. The molecule has 0 aliphatic rings. The minimum absolute atomic E-state index is 0.794. The lowest BCUT2D eigenvalue weighted by Gasteiger charge is -2.11. The van der Waals surface area contributed by atoms with Crippen LogP contribution in [0.5, 0.6) is 0 Å². The molecule has 4 heteroatoms. The summed E-state index contributed by atoms with van der Waals surface area (Å²) in [6, 6.07) is 12.6. The second-order valence-electron chi connectivity index (χ2n) is 4.92. The second-order valence-corrected chi connectivity index (χ2v) is 4.92. The van der Waals surface area contributed by atoms with Crippen LogP contribution in [0, 0.1) is 6.92 Å². The molecule has 3 aromatic rings. The molecule has 0 radical (unpaired) electrons. The van der Waals surface area contributed by atoms with Gasteiger partial charge in [0.2, 0.25) is 0 Å². The fourth-order valence-corrected chi connectivity index (χ4v) is 2.44. The van der Waals surface area contributed by atoms with Gasteiger partial charge in [0.25, 0.3) is 0 Å². The van der Waals surface area contributed by atoms with Crippen LogP contribution < -0.4 is 5.32 Å². The van der Waals surface area contributed by atoms with Crippen molar-refractivity contribution in [3.05, 3.63) is 59.4 Å². The van der Waals surface area contributed by atoms with Gasteiger partial charge >= 0.3 is 0 Å². The van der Waals surface area contributed by atoms with Crippen LogP contribution in [0.25, 0.3) is 5.65 Å². The van der Waals surface area contributed by atoms with E-state index in [0.29, 0.717) is 0 Å². The highest BCUT2D eigenvalue weighted by Crippen LogP contribution is 2.16. The van der Waals surface area contributed by atoms with Crippen molar-refractivity contribution in [1.29, 1.82) is 0 Å². The monoisotopic (exact) mass is 266 g/mol. The number of benzene rings is 1. The topological polar surface area (TPSA) is 42.2 Å². The highest BCUT2D eigenvalue weighted by molar-refractivity contribution is 5.51. The molecule has 0 unspecified atom stereocenters. The van der Waals surface area contributed by atoms with Crippen LogP contribution in [0.15, 0.2) is 42.7 Å². The molecular weight excluding hydrogens is 248 g/mol. The lowest BCUT2D eigenvalue weighted by atomic mass is 10.1. The first kappa shape index (κ1) is 12.7. The minimum atomic E-state index is 0.794. The van der Waals surface area contributed by atoms with Gasteiger partial charge in [-0.2, -0.15) is 9.61 Å². The van der Waals surface area contributed by atoms with Gasteiger partial charge in [-0.25, -0.2) is 4.98 Å². The quantitative estimate of drug-likeness (QED) is 0.788. The Morgan fingerprint density at radius 3 is 2.75 bits per heavy atom. The third-order valence-corrected chi connectivity index (χ3v) is 3.48. The summed E-state index contributed by atoms with van der Waals surface area (Å²) in [5, 5.41) is 7.72. The van der Waals surface area contributed by atoms with E-state index in [1.807, 2.05) is 10.6 Å². The van der Waals surface area contributed by atoms with E-state index in [0.717, 1.165) is 24.4 Å². The Balaban J connectivity index is 1.88. The normalized spacial score (nSPS) is 10.9. The Kier molecular flexibility index (Phi) is 3.37. The van der Waals surface area contributed by atoms with Crippen molar-refractivity contribution in [1.82, 2.24) is 14.6 Å². The average molecular weight is 266 g/mol. The Morgan fingerprint density at radius 2 is 1.95 bits per heavy atom. The van der Waals surface area contributed by atoms with Gasteiger partial charge < -0.3 is 5.32 Å². The molecule has 0 amide bonds. The molecule has 0 spiro atoms. The zero-order chi connectivity index (χ0) is 13.9. The fraction of sp³-hybridized carbons (Fsp3) is 0.250. The van der Waals surface area contributed by atoms with Crippen LogP contribution in [-0.4, -0.2) is 14.6 Å². The van der Waals surface area contributed by atoms with E-state index in [1.54, 1.807) is 6.33 Å². The van der Waals surface area contributed by atoms with E-state index >= 15 is 0 Å². The van der Waals surface area contributed by atoms with E-state index in [9.17, 15) is 0 Å². The summed E-state index contributed by atoms with van der Waals surface area (Å²) in [6.07, 6.45) is 2.63. The van der Waals surface area contributed by atoms with Crippen LogP contribution in [0.3, 0.4) is 0 Å². The van der Waals surface area contributed by atoms with Gasteiger partial charge in [0, 0.05) is 6.54 Å². The van der Waals surface area contributed by atoms with Crippen molar-refractivity contribution < 1.29 is 0 Å². The maximum absolute atomic E-state index is 4.26. The SMILES string of the molecule is CCc1ccccc1CNc1cc(C)cc2ncnn12. The Labute approximate surface area is 118 Å². The zero-order valence-electron chi connectivity index (χ0n) is 11.8. The third kappa shape index (κ3) is 2.37. The fourth-order valence-electron chi connectivity index (χ4n) is 2.44. The molecule has 0 atom stereocenters. The zero-order valence-corrected chi connectivity index (χ0v) is 11.8. The van der Waals surface area contributed by atoms with E-state index < -0.39 is 0 Å². The smallest absolute Gasteiger partial charge is 0.157 e. The Hall–Kier alpha value is -2.36. The molecule has 0 saturated carbocycles. The number of aryl methyl sites for hydroxylation is 2. The molecule has 20 heavy (non-hydrogen) atoms. The van der Waals surface area contributed by atoms with Gasteiger partial charge in [-0.05, 0) is 42.2 Å². The highest BCUT2D eigenvalue weighted by Gasteiger charge is 2.05. The lowest BCUT2D eigenvalue weighted by molar-refractivity contribution is 0.935. The summed E-state index contributed by atoms with van der Waals surface area (Å²) in [7, 11) is 0. The van der Waals surface area contributed by atoms with Gasteiger partial charge in [-0.1, -0.05) is 31.2 Å². The van der Waals surface area contributed by atoms with E-state index in [-0.39, 0.29) is 0 Å². The molecule has 2 heterocycles. The largest absolute Gasteiger partial charge is 0.366 e. The first-order valence-corrected chi connectivity index (χ1v) is 6.89. The van der Waals surface area contributed by atoms with Gasteiger partial charge in [0.05, 0.1) is 0 Å². The molecule has 0 aliphatic heterocycles. The standard InChI is InChI=1S/C16H18N4/c1-3-13-6-4-5-7-14(13)10-17-15-8-12(2)9-16-18-11-19-20(15)16/h4-9,11,17H,3,10H2,1-2H3. The molecule has 0 fully saturated rings. The summed E-state index contributed by atoms with van der Waals surface area (Å²) in [5.74, 6) is 0.975. The van der Waals surface area contributed by atoms with Crippen molar-refractivity contribution >= 4 is 11.5 Å². The van der Waals surface area contributed by atoms with Crippen LogP contribution in [0.4, 0.5) is 5.82 Å². The van der Waals surface area contributed by atoms with Crippen LogP contribution in [0.1, 0.15) is 23.6 Å². The molecule has 102 valence electrons. The summed E-state index contributed by atoms with van der Waals surface area (Å²) in [4.78, 5) is 4.24. The first-order chi connectivity index (χ1) is 9.78. The first-order valence-electron chi connectivity index (χ1n) is 6.89. The maximum Gasteiger partial charge on any atom is 0.157 e. The van der Waals surface area contributed by atoms with Crippen molar-refractivity contribution in [3.63, 3.8) is 0 Å². The van der Waals surface area contributed by atoms with Gasteiger partial charge in [0.15, 0.2) is 5.65 Å². The lowest BCUT2D eigenvalue weighted by Crippen LogP contribution is -2.07. The average Bonchev–Trinajstić information content (AvgIpc) is 2.93. The van der Waals surface area contributed by atoms with E-state index in [4.69, 9.17) is 0 Å². The predicted molar refractivity (Wildman–Crippen MR) is 80.9 cm³/mol. The van der Waals surface area contributed by atoms with E-state index in [1.165, 1.54) is 16.7 Å². The number of pyridine rings is 1. The summed E-state index contributed by atoms with van der Waals surface area (Å²) in [5.41, 5.74) is 4.75. The number of hydrogen-bond acceptors (Lipinski definition) is 3. The maximum atomic E-state index is 4.26. The van der Waals surface area contributed by atoms with Crippen molar-refractivity contribution in [2.24, 2.45) is 0 Å². The molecule has 4 nitrogen and oxygen atoms in total. The van der Waals surface area contributed by atoms with Crippen molar-refractivity contribution in [2.45, 2.75) is 26.8 Å². The summed E-state index contributed by atoms with van der Waals surface area (Å²) >= 11 is 0. The summed E-state index contributed by atoms with van der Waals surface area (Å²) in [6.45, 7) is 5.05. The van der Waals surface area contributed by atoms with Gasteiger partial charge in [-0.15, -0.1) is 0 Å². The number of aromatic nitrogens is 3. The third-order valence-electron chi connectivity index (χ3n) is 3.48. The van der Waals surface area contributed by atoms with Gasteiger partial charge in [-0.3, -0.25) is 0 Å². The molecule has 1 aromatic carbocycles. The van der Waals surface area contributed by atoms with E-state index in [2.05, 4.69) is 59.6 Å². The Bertz CT molecular complexity index is 730. The predicted octanol–water partition coefficient (Wildman–Crippen LogP) is 3.21. The molecule has 2 aromatic heterocycles. The Morgan fingerprint density at radius 1 is 1.15 bits per heavy atom. The molecule has 0 bridgehead atoms. The van der Waals surface area contributed by atoms with Crippen molar-refractivity contribution in [2.75, 3.05) is 5.32 Å². The van der Waals surface area contributed by atoms with Gasteiger partial charge in [0.1, 0.15) is 12.1 Å². The van der Waals surface area contributed by atoms with Crippen molar-refractivity contribution in [3.8, 4) is 0 Å². The van der Waals surface area contributed by atoms with Crippen LogP contribution in [-0.2, 0) is 13.0 Å². The number of nitrogens with zero attached hydrogens (tertiary/aromatic N) is 3. The molecule has 0 aliphatic carbocycles. The second kappa shape index (κ2) is 5.33. The number of anilines is 1. The molecular formula is C16H18N4. The number of nitrogens with one attached hydrogen (secondary N) is 1. The van der Waals surface area contributed by atoms with Crippen LogP contribution >= 0.6 is 0 Å².